The number of hydrogen-bond acceptors (Lipinski definition) is 4. The van der Waals surface area contributed by atoms with E-state index in [0.717, 1.165) is 56.4 Å². The lowest BCUT2D eigenvalue weighted by Crippen LogP contribution is -2.35. The quantitative estimate of drug-likeness (QED) is 0.683. The molecule has 0 saturated carbocycles. The monoisotopic (exact) mass is 360 g/mol. The normalized spacial score (nSPS) is 15.5. The van der Waals surface area contributed by atoms with Gasteiger partial charge in [0.15, 0.2) is 0 Å². The second kappa shape index (κ2) is 9.89. The topological polar surface area (TPSA) is 49.3 Å². The first-order valence-electron chi connectivity index (χ1n) is 10.3. The number of hydrogen-bond donors (Lipinski definition) is 0. The third kappa shape index (κ3) is 5.42. The average molecular weight is 361 g/mol. The van der Waals surface area contributed by atoms with Gasteiger partial charge < -0.3 is 9.80 Å². The molecule has 5 nitrogen and oxygen atoms in total. The molecule has 1 amide bonds. The average Bonchev–Trinajstić information content (AvgIpc) is 2.83. The van der Waals surface area contributed by atoms with Gasteiger partial charge in [0, 0.05) is 43.9 Å². The van der Waals surface area contributed by atoms with Crippen LogP contribution < -0.4 is 4.90 Å². The van der Waals surface area contributed by atoms with Gasteiger partial charge in [0.1, 0.15) is 11.6 Å². The molecule has 0 bridgehead atoms. The molecule has 5 heteroatoms. The molecular formula is C21H36N4O. The van der Waals surface area contributed by atoms with Crippen LogP contribution >= 0.6 is 0 Å². The van der Waals surface area contributed by atoms with Crippen molar-refractivity contribution in [1.29, 1.82) is 0 Å². The Kier molecular flexibility index (Phi) is 7.85. The summed E-state index contributed by atoms with van der Waals surface area (Å²) in [5.74, 6) is 2.62. The molecule has 0 N–H and O–H groups in total. The van der Waals surface area contributed by atoms with Crippen LogP contribution in [-0.2, 0) is 4.79 Å². The Balaban J connectivity index is 2.04. The molecule has 0 radical (unpaired) electrons. The van der Waals surface area contributed by atoms with Gasteiger partial charge in [-0.2, -0.15) is 0 Å². The molecule has 0 unspecified atom stereocenters. The fraction of sp³-hybridized carbons (Fsp3) is 0.762. The number of unbranched alkanes of at least 4 members (excludes halogenated alkanes) is 3. The molecular weight excluding hydrogens is 324 g/mol. The van der Waals surface area contributed by atoms with Crippen molar-refractivity contribution in [3.63, 3.8) is 0 Å². The van der Waals surface area contributed by atoms with Crippen LogP contribution in [-0.4, -0.2) is 47.0 Å². The molecule has 1 aromatic rings. The second-order valence-corrected chi connectivity index (χ2v) is 7.78. The molecule has 0 atom stereocenters. The Morgan fingerprint density at radius 3 is 2.50 bits per heavy atom. The van der Waals surface area contributed by atoms with Gasteiger partial charge >= 0.3 is 0 Å². The van der Waals surface area contributed by atoms with Crippen molar-refractivity contribution in [3.05, 3.63) is 17.1 Å². The van der Waals surface area contributed by atoms with Crippen molar-refractivity contribution >= 4 is 11.7 Å². The van der Waals surface area contributed by atoms with Crippen molar-refractivity contribution in [2.45, 2.75) is 79.1 Å². The van der Waals surface area contributed by atoms with Gasteiger partial charge in [-0.15, -0.1) is 0 Å². The van der Waals surface area contributed by atoms with Gasteiger partial charge in [-0.05, 0) is 32.6 Å². The molecule has 146 valence electrons. The summed E-state index contributed by atoms with van der Waals surface area (Å²) in [6.07, 6.45) is 6.33. The predicted molar refractivity (Wildman–Crippen MR) is 108 cm³/mol. The van der Waals surface area contributed by atoms with E-state index in [1.54, 1.807) is 0 Å². The summed E-state index contributed by atoms with van der Waals surface area (Å²) < 4.78 is 0. The summed E-state index contributed by atoms with van der Waals surface area (Å²) in [6.45, 7) is 14.1. The maximum absolute atomic E-state index is 12.5. The van der Waals surface area contributed by atoms with E-state index >= 15 is 0 Å². The lowest BCUT2D eigenvalue weighted by Gasteiger charge is -2.27. The van der Waals surface area contributed by atoms with E-state index in [2.05, 4.69) is 42.5 Å². The first kappa shape index (κ1) is 20.7. The van der Waals surface area contributed by atoms with Crippen LogP contribution in [0.1, 0.15) is 82.3 Å². The third-order valence-corrected chi connectivity index (χ3v) is 5.20. The highest BCUT2D eigenvalue weighted by molar-refractivity contribution is 5.76. The number of aromatic nitrogens is 2. The van der Waals surface area contributed by atoms with Crippen molar-refractivity contribution < 1.29 is 4.79 Å². The molecule has 0 aromatic carbocycles. The van der Waals surface area contributed by atoms with E-state index in [-0.39, 0.29) is 0 Å². The fourth-order valence-corrected chi connectivity index (χ4v) is 3.86. The Morgan fingerprint density at radius 2 is 1.81 bits per heavy atom. The standard InChI is InChI=1S/C21H36N4O/c1-6-7-8-9-11-19(26)24-12-10-13-25(15-14-24)21-20(16(2)3)17(4)22-18(5)23-21/h16H,6-15H2,1-5H3. The van der Waals surface area contributed by atoms with E-state index in [1.807, 2.05) is 6.92 Å². The van der Waals surface area contributed by atoms with E-state index in [4.69, 9.17) is 4.98 Å². The van der Waals surface area contributed by atoms with E-state index in [9.17, 15) is 4.79 Å². The lowest BCUT2D eigenvalue weighted by molar-refractivity contribution is -0.131. The number of carbonyl (C=O) groups is 1. The van der Waals surface area contributed by atoms with Gasteiger partial charge in [-0.25, -0.2) is 9.97 Å². The Hall–Kier alpha value is -1.65. The minimum Gasteiger partial charge on any atom is -0.354 e. The predicted octanol–water partition coefficient (Wildman–Crippen LogP) is 4.23. The number of amides is 1. The van der Waals surface area contributed by atoms with Crippen molar-refractivity contribution in [2.75, 3.05) is 31.1 Å². The maximum atomic E-state index is 12.5. The molecule has 26 heavy (non-hydrogen) atoms. The molecule has 2 rings (SSSR count). The number of nitrogens with zero attached hydrogens (tertiary/aromatic N) is 4. The number of carbonyl (C=O) groups excluding carboxylic acids is 1. The smallest absolute Gasteiger partial charge is 0.222 e. The zero-order chi connectivity index (χ0) is 19.1. The van der Waals surface area contributed by atoms with E-state index in [0.29, 0.717) is 18.2 Å². The minimum atomic E-state index is 0.321. The summed E-state index contributed by atoms with van der Waals surface area (Å²) in [4.78, 5) is 26.3. The first-order valence-corrected chi connectivity index (χ1v) is 10.3. The van der Waals surface area contributed by atoms with Crippen LogP contribution in [0.25, 0.3) is 0 Å². The summed E-state index contributed by atoms with van der Waals surface area (Å²) in [5, 5.41) is 0. The number of anilines is 1. The van der Waals surface area contributed by atoms with Gasteiger partial charge in [0.2, 0.25) is 5.91 Å². The lowest BCUT2D eigenvalue weighted by atomic mass is 10.0. The molecule has 1 aliphatic heterocycles. The highest BCUT2D eigenvalue weighted by atomic mass is 16.2. The zero-order valence-corrected chi connectivity index (χ0v) is 17.3. The molecule has 0 spiro atoms. The zero-order valence-electron chi connectivity index (χ0n) is 17.3. The summed E-state index contributed by atoms with van der Waals surface area (Å²) in [7, 11) is 0. The van der Waals surface area contributed by atoms with Gasteiger partial charge in [0.05, 0.1) is 0 Å². The van der Waals surface area contributed by atoms with Crippen LogP contribution in [0.3, 0.4) is 0 Å². The largest absolute Gasteiger partial charge is 0.354 e. The highest BCUT2D eigenvalue weighted by Gasteiger charge is 2.23. The van der Waals surface area contributed by atoms with Crippen molar-refractivity contribution in [1.82, 2.24) is 14.9 Å². The van der Waals surface area contributed by atoms with Crippen LogP contribution in [0, 0.1) is 13.8 Å². The van der Waals surface area contributed by atoms with Gasteiger partial charge in [0.25, 0.3) is 0 Å². The van der Waals surface area contributed by atoms with Gasteiger partial charge in [-0.3, -0.25) is 4.79 Å². The van der Waals surface area contributed by atoms with Crippen LogP contribution in [0.4, 0.5) is 5.82 Å². The summed E-state index contributed by atoms with van der Waals surface area (Å²) in [6, 6.07) is 0. The van der Waals surface area contributed by atoms with Crippen LogP contribution in [0.2, 0.25) is 0 Å². The maximum Gasteiger partial charge on any atom is 0.222 e. The van der Waals surface area contributed by atoms with Crippen molar-refractivity contribution in [3.8, 4) is 0 Å². The SMILES string of the molecule is CCCCCCC(=O)N1CCCN(c2nc(C)nc(C)c2C(C)C)CC1. The highest BCUT2D eigenvalue weighted by Crippen LogP contribution is 2.29. The third-order valence-electron chi connectivity index (χ3n) is 5.20. The van der Waals surface area contributed by atoms with E-state index < -0.39 is 0 Å². The summed E-state index contributed by atoms with van der Waals surface area (Å²) in [5.41, 5.74) is 2.32. The van der Waals surface area contributed by atoms with E-state index in [1.165, 1.54) is 24.8 Å². The molecule has 1 fully saturated rings. The number of rotatable bonds is 7. The number of aryl methyl sites for hydroxylation is 2. The molecule has 2 heterocycles. The Morgan fingerprint density at radius 1 is 1.04 bits per heavy atom. The van der Waals surface area contributed by atoms with Crippen molar-refractivity contribution in [2.24, 2.45) is 0 Å². The first-order chi connectivity index (χ1) is 12.4. The molecule has 1 saturated heterocycles. The van der Waals surface area contributed by atoms with Crippen LogP contribution in [0.5, 0.6) is 0 Å². The molecule has 1 aliphatic rings. The second-order valence-electron chi connectivity index (χ2n) is 7.78. The fourth-order valence-electron chi connectivity index (χ4n) is 3.86. The van der Waals surface area contributed by atoms with Crippen LogP contribution in [0.15, 0.2) is 0 Å². The molecule has 1 aromatic heterocycles. The Bertz CT molecular complexity index is 600. The Labute approximate surface area is 159 Å². The van der Waals surface area contributed by atoms with Gasteiger partial charge in [-0.1, -0.05) is 40.0 Å². The minimum absolute atomic E-state index is 0.321. The molecule has 0 aliphatic carbocycles. The summed E-state index contributed by atoms with van der Waals surface area (Å²) >= 11 is 0.